The van der Waals surface area contributed by atoms with Crippen LogP contribution in [0.15, 0.2) is 241 Å². The Morgan fingerprint density at radius 2 is 0.713 bits per heavy atom. The molecule has 5 aliphatic rings. The molecule has 0 spiro atoms. The van der Waals surface area contributed by atoms with Crippen molar-refractivity contribution in [2.75, 3.05) is 7.11 Å². The van der Waals surface area contributed by atoms with Gasteiger partial charge in [0.1, 0.15) is 29.0 Å². The van der Waals surface area contributed by atoms with E-state index in [1.165, 1.54) is 55.6 Å². The van der Waals surface area contributed by atoms with Crippen molar-refractivity contribution in [1.82, 2.24) is 19.9 Å². The number of carbonyl (C=O) groups is 4. The summed E-state index contributed by atoms with van der Waals surface area (Å²) in [6, 6.07) is 60.6. The van der Waals surface area contributed by atoms with Gasteiger partial charge in [-0.1, -0.05) is 170 Å². The normalized spacial score (nSPS) is 17.0. The number of carboxylic acids is 3. The number of fused-ring (bicyclic) bond motifs is 4. The third kappa shape index (κ3) is 28.0. The first-order chi connectivity index (χ1) is 65.0. The van der Waals surface area contributed by atoms with E-state index in [-0.39, 0.29) is 105 Å². The first-order valence-corrected chi connectivity index (χ1v) is 45.3. The summed E-state index contributed by atoms with van der Waals surface area (Å²) in [5.41, 5.74) is 23.4. The Balaban J connectivity index is 0.000000149. The van der Waals surface area contributed by atoms with E-state index in [4.69, 9.17) is 44.3 Å². The summed E-state index contributed by atoms with van der Waals surface area (Å²) in [5, 5.41) is 96.0. The number of nitrogens with zero attached hydrogens (tertiary/aromatic N) is 4. The van der Waals surface area contributed by atoms with E-state index in [9.17, 15) is 82.7 Å². The number of hydrogen-bond acceptors (Lipinski definition) is 22. The van der Waals surface area contributed by atoms with E-state index >= 15 is 0 Å². The number of aliphatic hydroxyl groups is 6. The monoisotopic (exact) mass is 1870 g/mol. The molecule has 8 atom stereocenters. The quantitative estimate of drug-likeness (QED) is 0.0121. The Morgan fingerprint density at radius 1 is 0.426 bits per heavy atom. The summed E-state index contributed by atoms with van der Waals surface area (Å²) in [7, 11) is 1.38. The summed E-state index contributed by atoms with van der Waals surface area (Å²) in [6.07, 6.45) is 15.7. The fourth-order valence-corrected chi connectivity index (χ4v) is 16.9. The maximum Gasteiger partial charge on any atom is 2.00 e. The van der Waals surface area contributed by atoms with Gasteiger partial charge in [0.25, 0.3) is 0 Å². The molecular formula is C109H106CaF4N5O17-. The molecular weight excluding hydrogens is 1770 g/mol. The fraction of sp³-hybridized carbons (Fsp3) is 0.303. The molecule has 8 N–H and O–H groups in total. The van der Waals surface area contributed by atoms with Crippen molar-refractivity contribution in [2.45, 2.75) is 201 Å². The largest absolute Gasteiger partial charge is 2.00 e. The van der Waals surface area contributed by atoms with E-state index in [0.717, 1.165) is 190 Å². The second-order valence-electron chi connectivity index (χ2n) is 35.0. The number of halogens is 4. The van der Waals surface area contributed by atoms with E-state index in [2.05, 4.69) is 12.1 Å². The summed E-state index contributed by atoms with van der Waals surface area (Å²) >= 11 is 0. The number of pyridine rings is 4. The third-order valence-electron chi connectivity index (χ3n) is 23.7. The number of furan rings is 1. The van der Waals surface area contributed by atoms with Crippen LogP contribution in [0.4, 0.5) is 17.6 Å². The average Bonchev–Trinajstić information content (AvgIpc) is 1.67. The van der Waals surface area contributed by atoms with Crippen molar-refractivity contribution in [3.8, 4) is 44.5 Å². The summed E-state index contributed by atoms with van der Waals surface area (Å²) in [6.45, 7) is 4.20. The van der Waals surface area contributed by atoms with Gasteiger partial charge in [-0.15, -0.1) is 0 Å². The van der Waals surface area contributed by atoms with Gasteiger partial charge < -0.3 is 84.7 Å². The zero-order valence-electron chi connectivity index (χ0n) is 75.5. The van der Waals surface area contributed by atoms with Gasteiger partial charge in [-0.05, 0) is 172 Å². The molecule has 4 saturated carbocycles. The maximum atomic E-state index is 13.8. The van der Waals surface area contributed by atoms with Crippen LogP contribution in [0.3, 0.4) is 0 Å². The van der Waals surface area contributed by atoms with E-state index in [0.29, 0.717) is 36.6 Å². The zero-order valence-corrected chi connectivity index (χ0v) is 77.7. The number of nitrogens with two attached hydrogens (primary N) is 1. The molecule has 22 nitrogen and oxygen atoms in total. The third-order valence-corrected chi connectivity index (χ3v) is 23.7. The van der Waals surface area contributed by atoms with Crippen LogP contribution in [0.5, 0.6) is 0 Å². The Hall–Kier alpha value is -11.9. The number of rotatable bonds is 31. The number of para-hydroxylation sites is 4. The molecule has 0 radical (unpaired) electrons. The molecule has 27 heteroatoms. The van der Waals surface area contributed by atoms with Gasteiger partial charge in [0.2, 0.25) is 0 Å². The molecule has 136 heavy (non-hydrogen) atoms. The van der Waals surface area contributed by atoms with Crippen molar-refractivity contribution in [3.63, 3.8) is 0 Å². The van der Waals surface area contributed by atoms with E-state index in [1.54, 1.807) is 79.1 Å². The maximum absolute atomic E-state index is 13.8. The standard InChI is InChI=1S/C29H30FNO4.3C25H24FNO4.C5H7NO.Ca/c1-29(2)34-21(16-22(35-29)17-26(32)33-3)14-15-24-27(18-10-12-20(30)13-11-18)23-6-4-5-7-25(23)31-28(24)19-8-9-19;3*26-17-9-7-15(8-10-17)24-20-3-1-2-4-22(20)27-25(16-5-6-16)21(24)12-11-18(28)13-19(29)14-23(30)31;6-4-5-2-1-3-7-5;/h4-7,10-15,19,21-22H,8-9,16-17H2,1-3H3;3*1-4,7-12,16,18-19,28-29H,5-6,13-14H2,(H,30,31);1-3H,4,6H2;/q;;;;;+2/p-3/b15-14+;3*12-11+;;/t21-,22-;3*18-,19-;;/m1111../s1. The van der Waals surface area contributed by atoms with Crippen LogP contribution in [0.1, 0.15) is 191 Å². The van der Waals surface area contributed by atoms with Crippen LogP contribution >= 0.6 is 0 Å². The van der Waals surface area contributed by atoms with Crippen LogP contribution in [-0.4, -0.2) is 174 Å². The van der Waals surface area contributed by atoms with Crippen LogP contribution in [0.2, 0.25) is 0 Å². The topological polar surface area (TPSA) is 377 Å². The number of aromatic nitrogens is 4. The average molecular weight is 1870 g/mol. The second kappa shape index (κ2) is 47.3. The number of aliphatic hydroxyl groups excluding tert-OH is 6. The Kier molecular flexibility index (Phi) is 35.3. The SMILES string of the molecule is COC(=O)C[C@H]1C[C@@H](/C=C/c2c(C3CC3)nc3ccccc3c2-c2ccc(F)cc2)OC(C)(C)O1.NCc1ccco1.O=C([O-])C[C@H](O)C[C@H](O)/C=C/c1c(C2CC2)nc2ccccc2c1-c1ccc(F)cc1.O=C([O-])C[C@H](O)C[C@H](O)/C=C/c1c(C2CC2)nc2ccccc2c1-c1ccc(F)cc1.O=C([O-])C[C@H](O)C[C@H](O)/C=C/c1c(C2CC2)nc2ccccc2c1-c1ccc(F)cc1.[Ca+2]. The number of ether oxygens (including phenoxy) is 3. The minimum atomic E-state index is -1.36. The molecule has 5 aromatic heterocycles. The second-order valence-corrected chi connectivity index (χ2v) is 35.0. The molecule has 0 unspecified atom stereocenters. The molecule has 1 saturated heterocycles. The molecule has 5 fully saturated rings. The van der Waals surface area contributed by atoms with Gasteiger partial charge in [-0.25, -0.2) is 17.6 Å². The van der Waals surface area contributed by atoms with Crippen molar-refractivity contribution in [1.29, 1.82) is 0 Å². The van der Waals surface area contributed by atoms with Crippen LogP contribution in [0, 0.1) is 23.3 Å². The van der Waals surface area contributed by atoms with E-state index < -0.39 is 79.6 Å². The molecule has 0 bridgehead atoms. The molecule has 0 amide bonds. The van der Waals surface area contributed by atoms with Crippen molar-refractivity contribution < 1.29 is 101 Å². The minimum absolute atomic E-state index is 0. The molecule has 1 aliphatic heterocycles. The molecule has 6 heterocycles. The molecule has 13 aromatic rings. The Morgan fingerprint density at radius 3 is 0.963 bits per heavy atom. The predicted molar refractivity (Wildman–Crippen MR) is 509 cm³/mol. The van der Waals surface area contributed by atoms with Crippen molar-refractivity contribution >= 4 is 130 Å². The summed E-state index contributed by atoms with van der Waals surface area (Å²) in [5.74, 6) is -4.23. The summed E-state index contributed by atoms with van der Waals surface area (Å²) in [4.78, 5) is 63.5. The molecule has 18 rings (SSSR count). The molecule has 8 aromatic carbocycles. The van der Waals surface area contributed by atoms with Gasteiger partial charge in [0.05, 0.1) is 120 Å². The number of hydrogen-bond donors (Lipinski definition) is 7. The number of methoxy groups -OCH3 is 1. The van der Waals surface area contributed by atoms with E-state index in [1.807, 2.05) is 135 Å². The molecule has 4 aliphatic carbocycles. The van der Waals surface area contributed by atoms with Crippen LogP contribution < -0.4 is 21.1 Å². The molecule has 700 valence electrons. The number of carbonyl (C=O) groups excluding carboxylic acids is 4. The number of aliphatic carboxylic acids is 3. The minimum Gasteiger partial charge on any atom is -0.550 e. The van der Waals surface area contributed by atoms with Crippen molar-refractivity contribution in [3.05, 3.63) is 311 Å². The number of benzene rings is 8. The fourth-order valence-electron chi connectivity index (χ4n) is 16.9. The smallest absolute Gasteiger partial charge is 0.550 e. The predicted octanol–water partition coefficient (Wildman–Crippen LogP) is 16.3. The van der Waals surface area contributed by atoms with Gasteiger partial charge in [-0.3, -0.25) is 24.7 Å². The Bertz CT molecular complexity index is 6020. The van der Waals surface area contributed by atoms with Gasteiger partial charge in [-0.2, -0.15) is 0 Å². The van der Waals surface area contributed by atoms with Crippen molar-refractivity contribution in [2.24, 2.45) is 5.73 Å². The Labute approximate surface area is 814 Å². The first kappa shape index (κ1) is 102. The van der Waals surface area contributed by atoms with Crippen LogP contribution in [0.25, 0.3) is 112 Å². The summed E-state index contributed by atoms with van der Waals surface area (Å²) < 4.78 is 76.3. The van der Waals surface area contributed by atoms with Gasteiger partial charge in [0.15, 0.2) is 5.79 Å². The first-order valence-electron chi connectivity index (χ1n) is 45.3. The number of esters is 1. The zero-order chi connectivity index (χ0) is 95.6. The van der Waals surface area contributed by atoms with Gasteiger partial charge in [0, 0.05) is 153 Å². The van der Waals surface area contributed by atoms with Crippen LogP contribution in [-0.2, 0) is 39.9 Å². The number of carboxylic acid groups (broad SMARTS) is 3. The van der Waals surface area contributed by atoms with Gasteiger partial charge >= 0.3 is 43.7 Å².